The predicted molar refractivity (Wildman–Crippen MR) is 118 cm³/mol. The van der Waals surface area contributed by atoms with Crippen LogP contribution in [0.4, 0.5) is 17.6 Å². The number of halogens is 4. The molecule has 0 aliphatic heterocycles. The predicted octanol–water partition coefficient (Wildman–Crippen LogP) is 6.98. The topological polar surface area (TPSA) is 79.1 Å². The van der Waals surface area contributed by atoms with Gasteiger partial charge in [0.05, 0.1) is 17.5 Å². The molecule has 0 amide bonds. The minimum absolute atomic E-state index is 0.0982. The summed E-state index contributed by atoms with van der Waals surface area (Å²) in [5, 5.41) is 10.4. The molecule has 3 heterocycles. The minimum Gasteiger partial charge on any atom is -0.478 e. The van der Waals surface area contributed by atoms with Crippen LogP contribution >= 0.6 is 0 Å². The first-order valence-electron chi connectivity index (χ1n) is 10.3. The molecule has 0 aliphatic carbocycles. The van der Waals surface area contributed by atoms with Crippen molar-refractivity contribution in [3.05, 3.63) is 78.1 Å². The van der Waals surface area contributed by atoms with Gasteiger partial charge in [-0.1, -0.05) is 12.1 Å². The number of aryl methyl sites for hydroxylation is 1. The van der Waals surface area contributed by atoms with Crippen molar-refractivity contribution in [3.8, 4) is 22.4 Å². The van der Waals surface area contributed by atoms with Crippen LogP contribution in [0.25, 0.3) is 44.3 Å². The van der Waals surface area contributed by atoms with Gasteiger partial charge < -0.3 is 14.5 Å². The van der Waals surface area contributed by atoms with Crippen molar-refractivity contribution in [2.75, 3.05) is 0 Å². The molecule has 0 saturated heterocycles. The normalized spacial score (nSPS) is 12.0. The summed E-state index contributed by atoms with van der Waals surface area (Å²) >= 11 is 0. The number of alkyl halides is 3. The molecule has 0 aliphatic rings. The van der Waals surface area contributed by atoms with Gasteiger partial charge in [0.1, 0.15) is 0 Å². The van der Waals surface area contributed by atoms with Crippen molar-refractivity contribution in [1.82, 2.24) is 9.97 Å². The van der Waals surface area contributed by atoms with Crippen molar-refractivity contribution >= 4 is 27.8 Å². The zero-order valence-corrected chi connectivity index (χ0v) is 17.4. The van der Waals surface area contributed by atoms with Crippen molar-refractivity contribution in [2.45, 2.75) is 19.0 Å². The highest BCUT2D eigenvalue weighted by molar-refractivity contribution is 6.04. The van der Waals surface area contributed by atoms with Gasteiger partial charge in [0.2, 0.25) is 0 Å². The first kappa shape index (κ1) is 21.7. The lowest BCUT2D eigenvalue weighted by Crippen LogP contribution is -2.08. The Bertz CT molecular complexity index is 1550. The Hall–Kier alpha value is -4.14. The molecule has 5 rings (SSSR count). The van der Waals surface area contributed by atoms with Crippen LogP contribution in [0.1, 0.15) is 22.3 Å². The molecule has 0 bridgehead atoms. The third kappa shape index (κ3) is 4.00. The van der Waals surface area contributed by atoms with E-state index in [1.54, 1.807) is 36.4 Å². The molecule has 0 saturated carbocycles. The van der Waals surface area contributed by atoms with E-state index in [1.165, 1.54) is 24.7 Å². The Morgan fingerprint density at radius 3 is 2.68 bits per heavy atom. The number of fused-ring (bicyclic) bond motifs is 2. The van der Waals surface area contributed by atoms with E-state index in [4.69, 9.17) is 4.42 Å². The van der Waals surface area contributed by atoms with Crippen LogP contribution in [0.5, 0.6) is 0 Å². The number of rotatable bonds is 5. The number of pyridine rings is 1. The van der Waals surface area contributed by atoms with Gasteiger partial charge in [0.15, 0.2) is 11.4 Å². The smallest absolute Gasteiger partial charge is 0.389 e. The lowest BCUT2D eigenvalue weighted by atomic mass is 9.95. The van der Waals surface area contributed by atoms with Gasteiger partial charge in [-0.05, 0) is 47.9 Å². The summed E-state index contributed by atoms with van der Waals surface area (Å²) in [5.74, 6) is -1.67. The summed E-state index contributed by atoms with van der Waals surface area (Å²) in [4.78, 5) is 18.7. The van der Waals surface area contributed by atoms with Crippen molar-refractivity contribution in [3.63, 3.8) is 0 Å². The van der Waals surface area contributed by atoms with Gasteiger partial charge in [-0.15, -0.1) is 0 Å². The zero-order valence-electron chi connectivity index (χ0n) is 17.4. The summed E-state index contributed by atoms with van der Waals surface area (Å²) in [5.41, 5.74) is 3.01. The summed E-state index contributed by atoms with van der Waals surface area (Å²) in [6.07, 6.45) is -1.47. The Morgan fingerprint density at radius 1 is 1.09 bits per heavy atom. The second kappa shape index (κ2) is 8.02. The van der Waals surface area contributed by atoms with Crippen molar-refractivity contribution in [2.24, 2.45) is 0 Å². The van der Waals surface area contributed by atoms with Crippen LogP contribution in [-0.4, -0.2) is 27.2 Å². The number of carboxylic acid groups (broad SMARTS) is 1. The average molecular weight is 468 g/mol. The molecular weight excluding hydrogens is 452 g/mol. The summed E-state index contributed by atoms with van der Waals surface area (Å²) in [6, 6.07) is 11.2. The van der Waals surface area contributed by atoms with Crippen LogP contribution in [0.15, 0.2) is 65.5 Å². The maximum Gasteiger partial charge on any atom is 0.389 e. The molecule has 0 unspecified atom stereocenters. The molecule has 34 heavy (non-hydrogen) atoms. The summed E-state index contributed by atoms with van der Waals surface area (Å²) in [6.45, 7) is 0. The maximum atomic E-state index is 14.6. The van der Waals surface area contributed by atoms with Crippen molar-refractivity contribution < 1.29 is 31.9 Å². The number of nitrogens with zero attached hydrogens (tertiary/aromatic N) is 1. The highest BCUT2D eigenvalue weighted by atomic mass is 19.4. The SMILES string of the molecule is O=C(O)c1c[nH]c2cc(-c3cc(CCC(F)(F)F)cnc3-c3cc(F)c4occc4c3)ccc12. The molecule has 0 atom stereocenters. The van der Waals surface area contributed by atoms with E-state index in [1.807, 2.05) is 0 Å². The molecule has 5 nitrogen and oxygen atoms in total. The lowest BCUT2D eigenvalue weighted by Gasteiger charge is -2.13. The molecule has 2 aromatic carbocycles. The molecule has 0 radical (unpaired) electrons. The Morgan fingerprint density at radius 2 is 1.91 bits per heavy atom. The third-order valence-electron chi connectivity index (χ3n) is 5.64. The van der Waals surface area contributed by atoms with E-state index < -0.39 is 24.4 Å². The van der Waals surface area contributed by atoms with E-state index in [-0.39, 0.29) is 17.6 Å². The van der Waals surface area contributed by atoms with E-state index in [2.05, 4.69) is 9.97 Å². The van der Waals surface area contributed by atoms with Crippen LogP contribution in [0, 0.1) is 5.82 Å². The number of carboxylic acids is 1. The average Bonchev–Trinajstić information content (AvgIpc) is 3.44. The fourth-order valence-electron chi connectivity index (χ4n) is 4.03. The largest absolute Gasteiger partial charge is 0.478 e. The van der Waals surface area contributed by atoms with Crippen LogP contribution in [0.2, 0.25) is 0 Å². The van der Waals surface area contributed by atoms with E-state index in [0.29, 0.717) is 44.2 Å². The van der Waals surface area contributed by atoms with Crippen molar-refractivity contribution in [1.29, 1.82) is 0 Å². The standard InChI is InChI=1S/C25H16F4N2O3/c26-20-9-16(8-15-4-6-34-23(15)20)22-18(7-13(11-31-22)3-5-25(27,28)29)14-1-2-17-19(24(32)33)12-30-21(17)10-14/h1-2,4,6-12,30H,3,5H2,(H,32,33). The molecule has 172 valence electrons. The molecular formula is C25H16F4N2O3. The Labute approximate surface area is 189 Å². The number of nitrogens with one attached hydrogen (secondary N) is 1. The first-order valence-corrected chi connectivity index (χ1v) is 10.3. The first-order chi connectivity index (χ1) is 16.2. The van der Waals surface area contributed by atoms with E-state index in [9.17, 15) is 27.5 Å². The molecule has 9 heteroatoms. The van der Waals surface area contributed by atoms with Gasteiger partial charge in [0, 0.05) is 46.2 Å². The van der Waals surface area contributed by atoms with Gasteiger partial charge in [-0.3, -0.25) is 4.98 Å². The van der Waals surface area contributed by atoms with Crippen LogP contribution in [0.3, 0.4) is 0 Å². The number of hydrogen-bond acceptors (Lipinski definition) is 3. The highest BCUT2D eigenvalue weighted by Gasteiger charge is 2.27. The number of benzene rings is 2. The number of carbonyl (C=O) groups is 1. The highest BCUT2D eigenvalue weighted by Crippen LogP contribution is 2.36. The van der Waals surface area contributed by atoms with E-state index >= 15 is 0 Å². The Kier molecular flexibility index (Phi) is 5.11. The van der Waals surface area contributed by atoms with Crippen LogP contribution in [-0.2, 0) is 6.42 Å². The number of H-pyrrole nitrogens is 1. The molecule has 2 N–H and O–H groups in total. The van der Waals surface area contributed by atoms with Gasteiger partial charge in [-0.2, -0.15) is 13.2 Å². The van der Waals surface area contributed by atoms with Gasteiger partial charge in [0.25, 0.3) is 0 Å². The molecule has 0 fully saturated rings. The second-order valence-electron chi connectivity index (χ2n) is 7.92. The van der Waals surface area contributed by atoms with Crippen LogP contribution < -0.4 is 0 Å². The number of aromatic amines is 1. The number of aromatic nitrogens is 2. The van der Waals surface area contributed by atoms with E-state index in [0.717, 1.165) is 0 Å². The maximum absolute atomic E-state index is 14.6. The summed E-state index contributed by atoms with van der Waals surface area (Å²) in [7, 11) is 0. The number of hydrogen-bond donors (Lipinski definition) is 2. The zero-order chi connectivity index (χ0) is 24.0. The third-order valence-corrected chi connectivity index (χ3v) is 5.64. The van der Waals surface area contributed by atoms with Gasteiger partial charge >= 0.3 is 12.1 Å². The molecule has 3 aromatic heterocycles. The molecule has 0 spiro atoms. The monoisotopic (exact) mass is 468 g/mol. The Balaban J connectivity index is 1.67. The second-order valence-corrected chi connectivity index (χ2v) is 7.92. The summed E-state index contributed by atoms with van der Waals surface area (Å²) < 4.78 is 58.1. The molecule has 5 aromatic rings. The fourth-order valence-corrected chi connectivity index (χ4v) is 4.03. The lowest BCUT2D eigenvalue weighted by molar-refractivity contribution is -0.134. The van der Waals surface area contributed by atoms with Gasteiger partial charge in [-0.25, -0.2) is 9.18 Å². The minimum atomic E-state index is -4.31. The quantitative estimate of drug-likeness (QED) is 0.273. The number of furan rings is 1. The fraction of sp³-hybridized carbons (Fsp3) is 0.120. The number of aromatic carboxylic acids is 1.